The molecule has 0 amide bonds. The molecule has 2 aromatic heterocycles. The molecule has 4 nitrogen and oxygen atoms in total. The van der Waals surface area contributed by atoms with Crippen LogP contribution in [-0.2, 0) is 11.2 Å². The van der Waals surface area contributed by atoms with Crippen LogP contribution in [0.3, 0.4) is 0 Å². The zero-order valence-electron chi connectivity index (χ0n) is 9.71. The van der Waals surface area contributed by atoms with Gasteiger partial charge in [-0.2, -0.15) is 0 Å². The van der Waals surface area contributed by atoms with Gasteiger partial charge >= 0.3 is 5.97 Å². The van der Waals surface area contributed by atoms with Gasteiger partial charge in [-0.15, -0.1) is 11.3 Å². The van der Waals surface area contributed by atoms with Gasteiger partial charge in [0, 0.05) is 22.8 Å². The zero-order valence-corrected chi connectivity index (χ0v) is 10.5. The van der Waals surface area contributed by atoms with Gasteiger partial charge in [0.15, 0.2) is 4.96 Å². The van der Waals surface area contributed by atoms with Crippen LogP contribution in [0.2, 0.25) is 0 Å². The lowest BCUT2D eigenvalue weighted by molar-refractivity contribution is -0.136. The summed E-state index contributed by atoms with van der Waals surface area (Å²) in [6, 6.07) is 6.43. The molecule has 0 saturated heterocycles. The number of hydrogen-bond donors (Lipinski definition) is 1. The average molecular weight is 276 g/mol. The maximum atomic E-state index is 13.6. The molecule has 1 aromatic carbocycles. The Kier molecular flexibility index (Phi) is 2.79. The van der Waals surface area contributed by atoms with Gasteiger partial charge in [0.25, 0.3) is 0 Å². The summed E-state index contributed by atoms with van der Waals surface area (Å²) in [6.45, 7) is 0. The van der Waals surface area contributed by atoms with E-state index in [4.69, 9.17) is 5.11 Å². The predicted molar refractivity (Wildman–Crippen MR) is 69.8 cm³/mol. The van der Waals surface area contributed by atoms with Crippen molar-refractivity contribution in [2.45, 2.75) is 6.42 Å². The first-order valence-electron chi connectivity index (χ1n) is 5.57. The second-order valence-electron chi connectivity index (χ2n) is 4.06. The molecule has 0 atom stereocenters. The topological polar surface area (TPSA) is 54.6 Å². The molecule has 0 saturated carbocycles. The molecule has 0 aliphatic carbocycles. The maximum absolute atomic E-state index is 13.6. The highest BCUT2D eigenvalue weighted by Crippen LogP contribution is 2.25. The van der Waals surface area contributed by atoms with Crippen LogP contribution >= 0.6 is 11.3 Å². The number of carbonyl (C=O) groups is 1. The van der Waals surface area contributed by atoms with Crippen LogP contribution in [0.5, 0.6) is 0 Å². The van der Waals surface area contributed by atoms with Crippen molar-refractivity contribution in [3.8, 4) is 11.3 Å². The first-order valence-corrected chi connectivity index (χ1v) is 6.39. The summed E-state index contributed by atoms with van der Waals surface area (Å²) >= 11 is 1.30. The highest BCUT2D eigenvalue weighted by atomic mass is 32.1. The molecular weight excluding hydrogens is 267 g/mol. The molecule has 1 N–H and O–H groups in total. The molecule has 0 spiro atoms. The van der Waals surface area contributed by atoms with Gasteiger partial charge in [0.1, 0.15) is 5.82 Å². The van der Waals surface area contributed by atoms with Crippen molar-refractivity contribution in [2.75, 3.05) is 0 Å². The standard InChI is InChI=1S/C13H9FN2O2S/c14-10-4-2-1-3-9(10)11-7-16-6-8(5-12(17)18)19-13(16)15-11/h1-4,6-7H,5H2,(H,17,18). The molecular formula is C13H9FN2O2S. The fraction of sp³-hybridized carbons (Fsp3) is 0.0769. The zero-order chi connectivity index (χ0) is 13.4. The van der Waals surface area contributed by atoms with E-state index < -0.39 is 5.97 Å². The number of aromatic nitrogens is 2. The molecule has 0 bridgehead atoms. The minimum atomic E-state index is -0.876. The molecule has 96 valence electrons. The second kappa shape index (κ2) is 4.47. The molecule has 0 radical (unpaired) electrons. The molecule has 0 unspecified atom stereocenters. The minimum Gasteiger partial charge on any atom is -0.481 e. The average Bonchev–Trinajstić information content (AvgIpc) is 2.86. The molecule has 0 aliphatic heterocycles. The van der Waals surface area contributed by atoms with Crippen molar-refractivity contribution in [3.05, 3.63) is 47.4 Å². The highest BCUT2D eigenvalue weighted by molar-refractivity contribution is 7.17. The number of imidazole rings is 1. The Morgan fingerprint density at radius 3 is 2.84 bits per heavy atom. The molecule has 2 heterocycles. The van der Waals surface area contributed by atoms with Crippen molar-refractivity contribution >= 4 is 22.3 Å². The monoisotopic (exact) mass is 276 g/mol. The third kappa shape index (κ3) is 2.22. The van der Waals surface area contributed by atoms with E-state index in [2.05, 4.69) is 4.98 Å². The fourth-order valence-corrected chi connectivity index (χ4v) is 2.82. The van der Waals surface area contributed by atoms with Crippen LogP contribution < -0.4 is 0 Å². The Morgan fingerprint density at radius 2 is 2.16 bits per heavy atom. The van der Waals surface area contributed by atoms with E-state index in [-0.39, 0.29) is 12.2 Å². The number of halogens is 1. The molecule has 6 heteroatoms. The smallest absolute Gasteiger partial charge is 0.308 e. The van der Waals surface area contributed by atoms with Crippen LogP contribution in [0.25, 0.3) is 16.2 Å². The Morgan fingerprint density at radius 1 is 1.37 bits per heavy atom. The second-order valence-corrected chi connectivity index (χ2v) is 5.16. The van der Waals surface area contributed by atoms with E-state index in [1.807, 2.05) is 0 Å². The number of hydrogen-bond acceptors (Lipinski definition) is 3. The Labute approximate surface area is 111 Å². The SMILES string of the molecule is O=C(O)Cc1cn2cc(-c3ccccc3F)nc2s1. The van der Waals surface area contributed by atoms with Gasteiger partial charge in [-0.1, -0.05) is 12.1 Å². The number of aliphatic carboxylic acids is 1. The number of carboxylic acids is 1. The summed E-state index contributed by atoms with van der Waals surface area (Å²) in [6.07, 6.45) is 3.39. The van der Waals surface area contributed by atoms with E-state index in [9.17, 15) is 9.18 Å². The summed E-state index contributed by atoms with van der Waals surface area (Å²) in [5.74, 6) is -1.20. The quantitative estimate of drug-likeness (QED) is 0.800. The number of benzene rings is 1. The number of fused-ring (bicyclic) bond motifs is 1. The Balaban J connectivity index is 2.02. The van der Waals surface area contributed by atoms with Crippen LogP contribution in [0.1, 0.15) is 4.88 Å². The van der Waals surface area contributed by atoms with E-state index >= 15 is 0 Å². The lowest BCUT2D eigenvalue weighted by atomic mass is 10.1. The third-order valence-electron chi connectivity index (χ3n) is 2.68. The fourth-order valence-electron chi connectivity index (χ4n) is 1.87. The van der Waals surface area contributed by atoms with Gasteiger partial charge in [0.05, 0.1) is 12.1 Å². The Bertz CT molecular complexity index is 731. The van der Waals surface area contributed by atoms with Crippen molar-refractivity contribution in [1.82, 2.24) is 9.38 Å². The molecule has 19 heavy (non-hydrogen) atoms. The normalized spacial score (nSPS) is 11.0. The molecule has 3 rings (SSSR count). The van der Waals surface area contributed by atoms with Crippen molar-refractivity contribution in [2.24, 2.45) is 0 Å². The maximum Gasteiger partial charge on any atom is 0.308 e. The largest absolute Gasteiger partial charge is 0.481 e. The first kappa shape index (κ1) is 11.9. The van der Waals surface area contributed by atoms with E-state index in [1.54, 1.807) is 35.0 Å². The summed E-state index contributed by atoms with van der Waals surface area (Å²) in [4.78, 5) is 16.3. The summed E-state index contributed by atoms with van der Waals surface area (Å²) in [5, 5.41) is 8.73. The van der Waals surface area contributed by atoms with Crippen molar-refractivity contribution in [1.29, 1.82) is 0 Å². The van der Waals surface area contributed by atoms with Crippen LogP contribution in [0, 0.1) is 5.82 Å². The number of nitrogens with zero attached hydrogens (tertiary/aromatic N) is 2. The number of carboxylic acid groups (broad SMARTS) is 1. The van der Waals surface area contributed by atoms with E-state index in [0.29, 0.717) is 16.2 Å². The molecule has 0 fully saturated rings. The van der Waals surface area contributed by atoms with Gasteiger partial charge in [-0.25, -0.2) is 9.37 Å². The summed E-state index contributed by atoms with van der Waals surface area (Å²) in [5.41, 5.74) is 0.990. The summed E-state index contributed by atoms with van der Waals surface area (Å²) < 4.78 is 15.4. The highest BCUT2D eigenvalue weighted by Gasteiger charge is 2.12. The third-order valence-corrected chi connectivity index (χ3v) is 3.68. The van der Waals surface area contributed by atoms with Gasteiger partial charge in [-0.3, -0.25) is 9.20 Å². The number of thiazole rings is 1. The molecule has 0 aliphatic rings. The van der Waals surface area contributed by atoms with Crippen molar-refractivity contribution in [3.63, 3.8) is 0 Å². The van der Waals surface area contributed by atoms with Gasteiger partial charge in [0.2, 0.25) is 0 Å². The summed E-state index contributed by atoms with van der Waals surface area (Å²) in [7, 11) is 0. The Hall–Kier alpha value is -2.21. The molecule has 3 aromatic rings. The predicted octanol–water partition coefficient (Wildman–Crippen LogP) is 2.83. The van der Waals surface area contributed by atoms with E-state index in [0.717, 1.165) is 4.88 Å². The lowest BCUT2D eigenvalue weighted by Gasteiger charge is -1.96. The number of rotatable bonds is 3. The van der Waals surface area contributed by atoms with Gasteiger partial charge in [-0.05, 0) is 12.1 Å². The van der Waals surface area contributed by atoms with Crippen LogP contribution in [0.15, 0.2) is 36.7 Å². The van der Waals surface area contributed by atoms with Gasteiger partial charge < -0.3 is 5.11 Å². The minimum absolute atomic E-state index is 0.0247. The van der Waals surface area contributed by atoms with E-state index in [1.165, 1.54) is 17.4 Å². The van der Waals surface area contributed by atoms with Crippen LogP contribution in [0.4, 0.5) is 4.39 Å². The van der Waals surface area contributed by atoms with Crippen molar-refractivity contribution < 1.29 is 14.3 Å². The lowest BCUT2D eigenvalue weighted by Crippen LogP contribution is -1.97. The first-order chi connectivity index (χ1) is 9.13. The van der Waals surface area contributed by atoms with Crippen LogP contribution in [-0.4, -0.2) is 20.5 Å².